The lowest BCUT2D eigenvalue weighted by molar-refractivity contribution is -0.116. The van der Waals surface area contributed by atoms with E-state index < -0.39 is 0 Å². The van der Waals surface area contributed by atoms with Gasteiger partial charge in [-0.15, -0.1) is 20.4 Å². The van der Waals surface area contributed by atoms with Gasteiger partial charge in [-0.1, -0.05) is 38.7 Å². The first-order valence-electron chi connectivity index (χ1n) is 9.51. The van der Waals surface area contributed by atoms with Gasteiger partial charge in [0.2, 0.25) is 17.6 Å². The Bertz CT molecular complexity index is 867. The van der Waals surface area contributed by atoms with E-state index in [0.29, 0.717) is 35.1 Å². The summed E-state index contributed by atoms with van der Waals surface area (Å²) in [6, 6.07) is 8.95. The summed E-state index contributed by atoms with van der Waals surface area (Å²) >= 11 is 0. The number of rotatable bonds is 9. The summed E-state index contributed by atoms with van der Waals surface area (Å²) in [5.41, 5.74) is 1.79. The van der Waals surface area contributed by atoms with Crippen LogP contribution in [0.4, 0.5) is 5.69 Å². The van der Waals surface area contributed by atoms with Gasteiger partial charge in [-0.3, -0.25) is 14.8 Å². The summed E-state index contributed by atoms with van der Waals surface area (Å²) in [6.45, 7) is 2.18. The van der Waals surface area contributed by atoms with Crippen LogP contribution in [-0.2, 0) is 4.79 Å². The number of anilines is 1. The molecule has 3 heterocycles. The van der Waals surface area contributed by atoms with Crippen molar-refractivity contribution in [2.75, 3.05) is 5.32 Å². The van der Waals surface area contributed by atoms with E-state index >= 15 is 0 Å². The normalized spacial score (nSPS) is 10.6. The molecule has 0 saturated heterocycles. The van der Waals surface area contributed by atoms with E-state index in [1.165, 1.54) is 19.3 Å². The maximum atomic E-state index is 12.0. The number of carbonyl (C=O) groups excluding carboxylic acids is 1. The lowest BCUT2D eigenvalue weighted by atomic mass is 10.1. The van der Waals surface area contributed by atoms with Crippen LogP contribution in [0.2, 0.25) is 0 Å². The number of carbonyl (C=O) groups is 1. The summed E-state index contributed by atoms with van der Waals surface area (Å²) in [5.74, 6) is 0.672. The summed E-state index contributed by atoms with van der Waals surface area (Å²) in [6.07, 6.45) is 9.37. The molecular weight excluding hydrogens is 354 g/mol. The predicted octanol–water partition coefficient (Wildman–Crippen LogP) is 3.69. The fourth-order valence-corrected chi connectivity index (χ4v) is 2.64. The molecule has 1 N–H and O–H groups in total. The third-order valence-corrected chi connectivity index (χ3v) is 4.16. The van der Waals surface area contributed by atoms with Crippen LogP contribution >= 0.6 is 0 Å². The summed E-state index contributed by atoms with van der Waals surface area (Å²) in [5, 5.41) is 19.1. The van der Waals surface area contributed by atoms with Crippen LogP contribution in [0.5, 0.6) is 0 Å². The van der Waals surface area contributed by atoms with Crippen molar-refractivity contribution in [1.82, 2.24) is 30.4 Å². The summed E-state index contributed by atoms with van der Waals surface area (Å²) < 4.78 is 0. The molecule has 28 heavy (non-hydrogen) atoms. The number of pyridine rings is 2. The van der Waals surface area contributed by atoms with Gasteiger partial charge in [0.25, 0.3) is 0 Å². The maximum absolute atomic E-state index is 12.0. The van der Waals surface area contributed by atoms with Crippen molar-refractivity contribution in [2.24, 2.45) is 0 Å². The van der Waals surface area contributed by atoms with Crippen molar-refractivity contribution in [2.45, 2.75) is 45.4 Å². The molecule has 0 fully saturated rings. The number of nitrogens with one attached hydrogen (secondary N) is 1. The minimum absolute atomic E-state index is 0.00495. The molecule has 144 valence electrons. The lowest BCUT2D eigenvalue weighted by Gasteiger charge is -2.05. The van der Waals surface area contributed by atoms with Crippen molar-refractivity contribution in [3.8, 4) is 23.0 Å². The highest BCUT2D eigenvalue weighted by molar-refractivity contribution is 5.90. The number of hydrogen-bond acceptors (Lipinski definition) is 7. The van der Waals surface area contributed by atoms with E-state index in [1.807, 2.05) is 12.1 Å². The van der Waals surface area contributed by atoms with Crippen molar-refractivity contribution in [1.29, 1.82) is 0 Å². The van der Waals surface area contributed by atoms with Crippen molar-refractivity contribution in [3.05, 3.63) is 42.7 Å². The molecule has 8 nitrogen and oxygen atoms in total. The van der Waals surface area contributed by atoms with Crippen molar-refractivity contribution in [3.63, 3.8) is 0 Å². The van der Waals surface area contributed by atoms with E-state index in [9.17, 15) is 4.79 Å². The van der Waals surface area contributed by atoms with Gasteiger partial charge in [0.15, 0.2) is 0 Å². The zero-order valence-corrected chi connectivity index (χ0v) is 15.9. The highest BCUT2D eigenvalue weighted by Crippen LogP contribution is 2.15. The Morgan fingerprint density at radius 3 is 2.18 bits per heavy atom. The van der Waals surface area contributed by atoms with Crippen LogP contribution < -0.4 is 5.32 Å². The summed E-state index contributed by atoms with van der Waals surface area (Å²) in [7, 11) is 0. The molecule has 3 rings (SSSR count). The Morgan fingerprint density at radius 2 is 1.57 bits per heavy atom. The molecule has 0 aliphatic heterocycles. The smallest absolute Gasteiger partial charge is 0.224 e. The quantitative estimate of drug-likeness (QED) is 0.567. The Balaban J connectivity index is 1.54. The lowest BCUT2D eigenvalue weighted by Crippen LogP contribution is -2.11. The van der Waals surface area contributed by atoms with Crippen molar-refractivity contribution < 1.29 is 4.79 Å². The van der Waals surface area contributed by atoms with Gasteiger partial charge in [-0.05, 0) is 30.7 Å². The minimum atomic E-state index is 0.00495. The fourth-order valence-electron chi connectivity index (χ4n) is 2.64. The molecule has 0 spiro atoms. The molecule has 0 aromatic carbocycles. The average molecular weight is 377 g/mol. The molecule has 3 aromatic heterocycles. The van der Waals surface area contributed by atoms with E-state index in [-0.39, 0.29) is 5.91 Å². The first-order chi connectivity index (χ1) is 13.8. The Kier molecular flexibility index (Phi) is 7.06. The second-order valence-corrected chi connectivity index (χ2v) is 6.41. The number of nitrogens with zero attached hydrogens (tertiary/aromatic N) is 6. The zero-order chi connectivity index (χ0) is 19.6. The van der Waals surface area contributed by atoms with Gasteiger partial charge < -0.3 is 5.32 Å². The van der Waals surface area contributed by atoms with Crippen LogP contribution in [0.3, 0.4) is 0 Å². The molecule has 0 bridgehead atoms. The standard InChI is InChI=1S/C20H23N7O/c1-2-3-4-5-6-10-18(28)23-15-11-12-17(22-14-15)20-26-24-19(25-27-20)16-9-7-8-13-21-16/h7-9,11-14H,2-6,10H2,1H3,(H,23,28). The van der Waals surface area contributed by atoms with E-state index in [0.717, 1.165) is 12.8 Å². The molecular formula is C20H23N7O. The molecule has 0 aliphatic carbocycles. The first-order valence-corrected chi connectivity index (χ1v) is 9.51. The highest BCUT2D eigenvalue weighted by atomic mass is 16.1. The molecule has 0 aliphatic rings. The monoisotopic (exact) mass is 377 g/mol. The van der Waals surface area contributed by atoms with Crippen LogP contribution in [0, 0.1) is 0 Å². The van der Waals surface area contributed by atoms with Crippen LogP contribution in [0.25, 0.3) is 23.0 Å². The highest BCUT2D eigenvalue weighted by Gasteiger charge is 2.09. The molecule has 1 amide bonds. The van der Waals surface area contributed by atoms with Gasteiger partial charge in [-0.25, -0.2) is 0 Å². The van der Waals surface area contributed by atoms with E-state index in [1.54, 1.807) is 30.6 Å². The third kappa shape index (κ3) is 5.60. The molecule has 0 radical (unpaired) electrons. The molecule has 8 heteroatoms. The molecule has 0 saturated carbocycles. The predicted molar refractivity (Wildman–Crippen MR) is 106 cm³/mol. The molecule has 3 aromatic rings. The number of unbranched alkanes of at least 4 members (excludes halogenated alkanes) is 4. The number of hydrogen-bond donors (Lipinski definition) is 1. The van der Waals surface area contributed by atoms with Crippen LogP contribution in [0.1, 0.15) is 45.4 Å². The third-order valence-electron chi connectivity index (χ3n) is 4.16. The average Bonchev–Trinajstić information content (AvgIpc) is 2.75. The maximum Gasteiger partial charge on any atom is 0.224 e. The molecule has 0 atom stereocenters. The SMILES string of the molecule is CCCCCCCC(=O)Nc1ccc(-c2nnc(-c3ccccn3)nn2)nc1. The molecule has 0 unspecified atom stereocenters. The number of amides is 1. The van der Waals surface area contributed by atoms with Gasteiger partial charge in [-0.2, -0.15) is 0 Å². The Morgan fingerprint density at radius 1 is 0.857 bits per heavy atom. The van der Waals surface area contributed by atoms with E-state index in [4.69, 9.17) is 0 Å². The van der Waals surface area contributed by atoms with Crippen LogP contribution in [0.15, 0.2) is 42.7 Å². The second-order valence-electron chi connectivity index (χ2n) is 6.41. The number of aromatic nitrogens is 6. The Hall–Kier alpha value is -3.29. The minimum Gasteiger partial charge on any atom is -0.325 e. The fraction of sp³-hybridized carbons (Fsp3) is 0.350. The summed E-state index contributed by atoms with van der Waals surface area (Å²) in [4.78, 5) is 20.4. The zero-order valence-electron chi connectivity index (χ0n) is 15.9. The van der Waals surface area contributed by atoms with E-state index in [2.05, 4.69) is 42.6 Å². The topological polar surface area (TPSA) is 106 Å². The second kappa shape index (κ2) is 10.1. The first kappa shape index (κ1) is 19.5. The Labute approximate surface area is 163 Å². The van der Waals surface area contributed by atoms with Gasteiger partial charge >= 0.3 is 0 Å². The van der Waals surface area contributed by atoms with Crippen LogP contribution in [-0.4, -0.2) is 36.3 Å². The van der Waals surface area contributed by atoms with Gasteiger partial charge in [0, 0.05) is 12.6 Å². The van der Waals surface area contributed by atoms with Gasteiger partial charge in [0.1, 0.15) is 11.4 Å². The van der Waals surface area contributed by atoms with Crippen molar-refractivity contribution >= 4 is 11.6 Å². The van der Waals surface area contributed by atoms with Gasteiger partial charge in [0.05, 0.1) is 11.9 Å². The largest absolute Gasteiger partial charge is 0.325 e.